The summed E-state index contributed by atoms with van der Waals surface area (Å²) in [6, 6.07) is 10.9. The first-order valence-corrected chi connectivity index (χ1v) is 8.65. The Labute approximate surface area is 133 Å². The Morgan fingerprint density at radius 3 is 2.55 bits per heavy atom. The van der Waals surface area contributed by atoms with E-state index in [0.717, 1.165) is 32.7 Å². The quantitative estimate of drug-likeness (QED) is 0.820. The highest BCUT2D eigenvalue weighted by molar-refractivity contribution is 9.10. The Bertz CT molecular complexity index is 573. The van der Waals surface area contributed by atoms with Crippen molar-refractivity contribution in [3.05, 3.63) is 50.6 Å². The van der Waals surface area contributed by atoms with Crippen LogP contribution in [0.25, 0.3) is 0 Å². The number of halogens is 1. The third-order valence-corrected chi connectivity index (χ3v) is 5.51. The zero-order valence-corrected chi connectivity index (χ0v) is 14.1. The summed E-state index contributed by atoms with van der Waals surface area (Å²) >= 11 is 5.37. The van der Waals surface area contributed by atoms with Gasteiger partial charge in [-0.2, -0.15) is 0 Å². The lowest BCUT2D eigenvalue weighted by Crippen LogP contribution is -2.46. The molecule has 0 saturated carbocycles. The number of para-hydroxylation sites is 1. The second-order valence-corrected chi connectivity index (χ2v) is 7.19. The van der Waals surface area contributed by atoms with Gasteiger partial charge in [-0.25, -0.2) is 0 Å². The van der Waals surface area contributed by atoms with Crippen LogP contribution < -0.4 is 4.90 Å². The van der Waals surface area contributed by atoms with E-state index in [1.54, 1.807) is 0 Å². The molecule has 0 radical (unpaired) electrons. The van der Waals surface area contributed by atoms with Crippen molar-refractivity contribution in [2.24, 2.45) is 0 Å². The Kier molecular flexibility index (Phi) is 4.44. The molecule has 1 aliphatic rings. The molecule has 0 bridgehead atoms. The van der Waals surface area contributed by atoms with Crippen LogP contribution in [-0.4, -0.2) is 31.1 Å². The van der Waals surface area contributed by atoms with Crippen molar-refractivity contribution in [3.63, 3.8) is 0 Å². The highest BCUT2D eigenvalue weighted by atomic mass is 79.9. The molecule has 2 nitrogen and oxygen atoms in total. The topological polar surface area (TPSA) is 6.48 Å². The maximum atomic E-state index is 3.53. The minimum Gasteiger partial charge on any atom is -0.369 e. The summed E-state index contributed by atoms with van der Waals surface area (Å²) in [7, 11) is 0. The van der Waals surface area contributed by atoms with Crippen molar-refractivity contribution in [3.8, 4) is 0 Å². The smallest absolute Gasteiger partial charge is 0.0396 e. The molecule has 0 unspecified atom stereocenters. The van der Waals surface area contributed by atoms with Crippen molar-refractivity contribution in [2.45, 2.75) is 13.5 Å². The molecule has 2 heterocycles. The molecule has 1 fully saturated rings. The second kappa shape index (κ2) is 6.29. The summed E-state index contributed by atoms with van der Waals surface area (Å²) < 4.78 is 1.20. The first-order valence-electron chi connectivity index (χ1n) is 6.98. The largest absolute Gasteiger partial charge is 0.369 e. The predicted molar refractivity (Wildman–Crippen MR) is 90.7 cm³/mol. The number of rotatable bonds is 3. The SMILES string of the molecule is Cc1ccccc1N1CCN(Cc2cc(Br)cs2)CC1. The van der Waals surface area contributed by atoms with Crippen LogP contribution in [0.3, 0.4) is 0 Å². The molecule has 0 aliphatic carbocycles. The fraction of sp³-hybridized carbons (Fsp3) is 0.375. The van der Waals surface area contributed by atoms with E-state index in [2.05, 4.69) is 68.4 Å². The standard InChI is InChI=1S/C16H19BrN2S/c1-13-4-2-3-5-16(13)19-8-6-18(7-9-19)11-15-10-14(17)12-20-15/h2-5,10,12H,6-9,11H2,1H3. The first-order chi connectivity index (χ1) is 9.72. The van der Waals surface area contributed by atoms with Crippen LogP contribution in [0.15, 0.2) is 40.2 Å². The van der Waals surface area contributed by atoms with Crippen molar-refractivity contribution in [1.82, 2.24) is 4.90 Å². The van der Waals surface area contributed by atoms with Gasteiger partial charge in [-0.3, -0.25) is 4.90 Å². The molecular formula is C16H19BrN2S. The molecule has 4 heteroatoms. The molecule has 1 aromatic carbocycles. The van der Waals surface area contributed by atoms with Gasteiger partial charge in [0.25, 0.3) is 0 Å². The molecule has 3 rings (SSSR count). The fourth-order valence-corrected chi connectivity index (χ4v) is 4.21. The maximum Gasteiger partial charge on any atom is 0.0396 e. The number of thiophene rings is 1. The normalized spacial score (nSPS) is 16.6. The average molecular weight is 351 g/mol. The van der Waals surface area contributed by atoms with Crippen LogP contribution in [0.4, 0.5) is 5.69 Å². The lowest BCUT2D eigenvalue weighted by molar-refractivity contribution is 0.252. The molecule has 20 heavy (non-hydrogen) atoms. The van der Waals surface area contributed by atoms with Crippen molar-refractivity contribution < 1.29 is 0 Å². The van der Waals surface area contributed by atoms with E-state index in [1.165, 1.54) is 20.6 Å². The molecule has 2 aromatic rings. The monoisotopic (exact) mass is 350 g/mol. The Morgan fingerprint density at radius 2 is 1.90 bits per heavy atom. The van der Waals surface area contributed by atoms with E-state index in [4.69, 9.17) is 0 Å². The maximum absolute atomic E-state index is 3.53. The molecule has 106 valence electrons. The fourth-order valence-electron chi connectivity index (χ4n) is 2.72. The second-order valence-electron chi connectivity index (χ2n) is 5.28. The Hall–Kier alpha value is -0.840. The lowest BCUT2D eigenvalue weighted by Gasteiger charge is -2.36. The van der Waals surface area contributed by atoms with Gasteiger partial charge in [0.05, 0.1) is 0 Å². The highest BCUT2D eigenvalue weighted by Crippen LogP contribution is 2.24. The minimum atomic E-state index is 1.08. The van der Waals surface area contributed by atoms with Crippen LogP contribution in [0.2, 0.25) is 0 Å². The number of nitrogens with zero attached hydrogens (tertiary/aromatic N) is 2. The van der Waals surface area contributed by atoms with Crippen molar-refractivity contribution in [2.75, 3.05) is 31.1 Å². The van der Waals surface area contributed by atoms with Gasteiger partial charge in [-0.1, -0.05) is 18.2 Å². The van der Waals surface area contributed by atoms with E-state index in [1.807, 2.05) is 11.3 Å². The summed E-state index contributed by atoms with van der Waals surface area (Å²) in [6.07, 6.45) is 0. The van der Waals surface area contributed by atoms with E-state index in [9.17, 15) is 0 Å². The molecule has 0 amide bonds. The highest BCUT2D eigenvalue weighted by Gasteiger charge is 2.18. The number of benzene rings is 1. The van der Waals surface area contributed by atoms with Crippen LogP contribution in [0.5, 0.6) is 0 Å². The summed E-state index contributed by atoms with van der Waals surface area (Å²) in [6.45, 7) is 7.81. The Balaban J connectivity index is 1.58. The zero-order valence-electron chi connectivity index (χ0n) is 11.7. The van der Waals surface area contributed by atoms with Crippen molar-refractivity contribution >= 4 is 33.0 Å². The van der Waals surface area contributed by atoms with E-state index < -0.39 is 0 Å². The number of piperazine rings is 1. The van der Waals surface area contributed by atoms with Crippen LogP contribution in [0.1, 0.15) is 10.4 Å². The van der Waals surface area contributed by atoms with Gasteiger partial charge in [0, 0.05) is 53.1 Å². The van der Waals surface area contributed by atoms with Gasteiger partial charge < -0.3 is 4.90 Å². The van der Waals surface area contributed by atoms with Crippen LogP contribution in [-0.2, 0) is 6.54 Å². The number of hydrogen-bond donors (Lipinski definition) is 0. The summed E-state index contributed by atoms with van der Waals surface area (Å²) in [5, 5.41) is 2.17. The molecule has 1 aliphatic heterocycles. The van der Waals surface area contributed by atoms with Gasteiger partial charge in [0.2, 0.25) is 0 Å². The lowest BCUT2D eigenvalue weighted by atomic mass is 10.1. The number of aryl methyl sites for hydroxylation is 1. The number of anilines is 1. The first kappa shape index (κ1) is 14.1. The summed E-state index contributed by atoms with van der Waals surface area (Å²) in [5.74, 6) is 0. The van der Waals surface area contributed by atoms with E-state index in [0.29, 0.717) is 0 Å². The summed E-state index contributed by atoms with van der Waals surface area (Å²) in [5.41, 5.74) is 2.77. The summed E-state index contributed by atoms with van der Waals surface area (Å²) in [4.78, 5) is 6.50. The molecule has 0 atom stereocenters. The molecule has 1 aromatic heterocycles. The molecule has 1 saturated heterocycles. The molecule has 0 N–H and O–H groups in total. The van der Waals surface area contributed by atoms with Crippen molar-refractivity contribution in [1.29, 1.82) is 0 Å². The van der Waals surface area contributed by atoms with Crippen LogP contribution >= 0.6 is 27.3 Å². The van der Waals surface area contributed by atoms with E-state index >= 15 is 0 Å². The zero-order chi connectivity index (χ0) is 13.9. The van der Waals surface area contributed by atoms with Crippen LogP contribution in [0, 0.1) is 6.92 Å². The van der Waals surface area contributed by atoms with Gasteiger partial charge in [0.15, 0.2) is 0 Å². The van der Waals surface area contributed by atoms with E-state index in [-0.39, 0.29) is 0 Å². The Morgan fingerprint density at radius 1 is 1.15 bits per heavy atom. The minimum absolute atomic E-state index is 1.08. The third kappa shape index (κ3) is 3.25. The molecule has 0 spiro atoms. The van der Waals surface area contributed by atoms with Gasteiger partial charge in [0.1, 0.15) is 0 Å². The third-order valence-electron chi connectivity index (χ3n) is 3.83. The van der Waals surface area contributed by atoms with Gasteiger partial charge in [-0.05, 0) is 40.5 Å². The predicted octanol–water partition coefficient (Wildman–Crippen LogP) is 4.14. The van der Waals surface area contributed by atoms with Gasteiger partial charge >= 0.3 is 0 Å². The average Bonchev–Trinajstić information content (AvgIpc) is 2.86. The molecular weight excluding hydrogens is 332 g/mol. The number of hydrogen-bond acceptors (Lipinski definition) is 3. The van der Waals surface area contributed by atoms with Gasteiger partial charge in [-0.15, -0.1) is 11.3 Å².